The highest BCUT2D eigenvalue weighted by molar-refractivity contribution is 7.80. The van der Waals surface area contributed by atoms with Gasteiger partial charge in [-0.05, 0) is 31.5 Å². The second-order valence-electron chi connectivity index (χ2n) is 6.01. The van der Waals surface area contributed by atoms with Gasteiger partial charge >= 0.3 is 11.7 Å². The van der Waals surface area contributed by atoms with Crippen molar-refractivity contribution in [2.24, 2.45) is 0 Å². The number of nitrogens with one attached hydrogen (secondary N) is 1. The highest BCUT2D eigenvalue weighted by atomic mass is 32.1. The van der Waals surface area contributed by atoms with E-state index in [2.05, 4.69) is 27.7 Å². The first kappa shape index (κ1) is 18.0. The van der Waals surface area contributed by atoms with E-state index in [1.807, 2.05) is 0 Å². The molecular weight excluding hydrogens is 373 g/mol. The summed E-state index contributed by atoms with van der Waals surface area (Å²) >= 11 is 3.94. The van der Waals surface area contributed by atoms with E-state index in [9.17, 15) is 27.9 Å². The van der Waals surface area contributed by atoms with Crippen LogP contribution in [0.4, 0.5) is 13.2 Å². The van der Waals surface area contributed by atoms with Gasteiger partial charge in [0.25, 0.3) is 0 Å². The summed E-state index contributed by atoms with van der Waals surface area (Å²) in [6, 6.07) is 1.36. The Morgan fingerprint density at radius 3 is 2.38 bits per heavy atom. The molecule has 0 aliphatic rings. The van der Waals surface area contributed by atoms with Crippen LogP contribution in [0.1, 0.15) is 19.5 Å². The fraction of sp³-hybridized carbons (Fsp3) is 0.200. The van der Waals surface area contributed by atoms with Gasteiger partial charge in [-0.25, -0.2) is 22.9 Å². The summed E-state index contributed by atoms with van der Waals surface area (Å²) in [5, 5.41) is 13.3. The van der Waals surface area contributed by atoms with Crippen molar-refractivity contribution in [1.82, 2.24) is 19.6 Å². The predicted molar refractivity (Wildman–Crippen MR) is 86.8 cm³/mol. The summed E-state index contributed by atoms with van der Waals surface area (Å²) in [5.41, 5.74) is -3.10. The van der Waals surface area contributed by atoms with E-state index in [0.29, 0.717) is 12.1 Å². The highest BCUT2D eigenvalue weighted by Gasteiger charge is 2.37. The zero-order chi connectivity index (χ0) is 19.4. The number of thiol groups is 1. The van der Waals surface area contributed by atoms with Crippen molar-refractivity contribution < 1.29 is 23.1 Å². The van der Waals surface area contributed by atoms with Crippen molar-refractivity contribution in [3.63, 3.8) is 0 Å². The normalized spacial score (nSPS) is 11.9. The number of rotatable bonds is 3. The molecule has 1 aromatic carbocycles. The number of fused-ring (bicyclic) bond motifs is 1. The summed E-state index contributed by atoms with van der Waals surface area (Å²) in [6.45, 7) is 2.60. The Kier molecular flexibility index (Phi) is 4.06. The average molecular weight is 384 g/mol. The van der Waals surface area contributed by atoms with Crippen LogP contribution in [0.2, 0.25) is 0 Å². The zero-order valence-corrected chi connectivity index (χ0v) is 14.2. The number of hydrogen-bond acceptors (Lipinski definition) is 5. The van der Waals surface area contributed by atoms with Crippen LogP contribution in [-0.2, 0) is 10.2 Å². The molecule has 26 heavy (non-hydrogen) atoms. The zero-order valence-electron chi connectivity index (χ0n) is 13.3. The van der Waals surface area contributed by atoms with E-state index in [1.165, 1.54) is 13.8 Å². The van der Waals surface area contributed by atoms with Crippen LogP contribution < -0.4 is 5.69 Å². The molecule has 3 rings (SSSR count). The minimum Gasteiger partial charge on any atom is -0.481 e. The number of carbonyl (C=O) groups is 1. The molecule has 3 aromatic rings. The van der Waals surface area contributed by atoms with Crippen molar-refractivity contribution in [2.45, 2.75) is 24.4 Å². The summed E-state index contributed by atoms with van der Waals surface area (Å²) in [5.74, 6) is -5.93. The van der Waals surface area contributed by atoms with Gasteiger partial charge < -0.3 is 5.11 Å². The van der Waals surface area contributed by atoms with Crippen molar-refractivity contribution in [2.75, 3.05) is 0 Å². The molecule has 0 unspecified atom stereocenters. The van der Waals surface area contributed by atoms with E-state index < -0.39 is 34.5 Å². The molecule has 7 nitrogen and oxygen atoms in total. The summed E-state index contributed by atoms with van der Waals surface area (Å²) in [7, 11) is 0. The minimum absolute atomic E-state index is 0.114. The second kappa shape index (κ2) is 5.87. The van der Waals surface area contributed by atoms with E-state index in [4.69, 9.17) is 0 Å². The van der Waals surface area contributed by atoms with Gasteiger partial charge in [0.2, 0.25) is 0 Å². The Morgan fingerprint density at radius 2 is 1.85 bits per heavy atom. The van der Waals surface area contributed by atoms with E-state index >= 15 is 0 Å². The van der Waals surface area contributed by atoms with Gasteiger partial charge in [-0.2, -0.15) is 9.61 Å². The number of aromatic amines is 1. The maximum atomic E-state index is 13.7. The lowest BCUT2D eigenvalue weighted by atomic mass is 9.85. The van der Waals surface area contributed by atoms with Crippen molar-refractivity contribution >= 4 is 24.2 Å². The average Bonchev–Trinajstić information content (AvgIpc) is 2.92. The van der Waals surface area contributed by atoms with Crippen LogP contribution in [0.5, 0.6) is 0 Å². The minimum atomic E-state index is -1.68. The number of aliphatic carboxylic acids is 1. The number of H-pyrrole nitrogens is 1. The van der Waals surface area contributed by atoms with Gasteiger partial charge in [0.15, 0.2) is 28.3 Å². The summed E-state index contributed by atoms with van der Waals surface area (Å²) in [4.78, 5) is 30.0. The molecule has 0 fully saturated rings. The molecule has 0 bridgehead atoms. The lowest BCUT2D eigenvalue weighted by Gasteiger charge is -2.18. The molecule has 0 aliphatic heterocycles. The number of halogens is 3. The van der Waals surface area contributed by atoms with Crippen molar-refractivity contribution in [3.05, 3.63) is 45.8 Å². The Hall–Kier alpha value is -2.82. The molecule has 0 aliphatic carbocycles. The molecule has 0 atom stereocenters. The summed E-state index contributed by atoms with van der Waals surface area (Å²) in [6.07, 6.45) is 0. The SMILES string of the molecule is CC(C)(C(=O)O)c1nn2c(=O)[nH]c(S)nc2c1-c1cc(F)c(F)c(F)c1. The van der Waals surface area contributed by atoms with Gasteiger partial charge in [-0.3, -0.25) is 9.78 Å². The monoisotopic (exact) mass is 384 g/mol. The van der Waals surface area contributed by atoms with E-state index in [1.54, 1.807) is 0 Å². The lowest BCUT2D eigenvalue weighted by Crippen LogP contribution is -2.30. The van der Waals surface area contributed by atoms with Gasteiger partial charge in [-0.1, -0.05) is 0 Å². The summed E-state index contributed by atoms with van der Waals surface area (Å²) < 4.78 is 41.5. The smallest absolute Gasteiger partial charge is 0.350 e. The number of benzene rings is 1. The molecule has 0 spiro atoms. The third kappa shape index (κ3) is 2.64. The number of carboxylic acids is 1. The van der Waals surface area contributed by atoms with E-state index in [0.717, 1.165) is 4.52 Å². The van der Waals surface area contributed by atoms with Crippen LogP contribution in [0.3, 0.4) is 0 Å². The van der Waals surface area contributed by atoms with E-state index in [-0.39, 0.29) is 27.6 Å². The van der Waals surface area contributed by atoms with Crippen LogP contribution >= 0.6 is 12.6 Å². The molecule has 2 N–H and O–H groups in total. The molecule has 2 aromatic heterocycles. The van der Waals surface area contributed by atoms with Gasteiger partial charge in [0.1, 0.15) is 5.41 Å². The van der Waals surface area contributed by atoms with Crippen LogP contribution in [0.25, 0.3) is 16.8 Å². The first-order chi connectivity index (χ1) is 12.0. The molecule has 136 valence electrons. The number of hydrogen-bond donors (Lipinski definition) is 3. The van der Waals surface area contributed by atoms with Gasteiger partial charge in [0.05, 0.1) is 11.3 Å². The number of nitrogens with zero attached hydrogens (tertiary/aromatic N) is 3. The Morgan fingerprint density at radius 1 is 1.27 bits per heavy atom. The van der Waals surface area contributed by atoms with Gasteiger partial charge in [0, 0.05) is 0 Å². The van der Waals surface area contributed by atoms with Gasteiger partial charge in [-0.15, -0.1) is 12.6 Å². The molecule has 0 saturated carbocycles. The first-order valence-electron chi connectivity index (χ1n) is 7.15. The topological polar surface area (TPSA) is 100 Å². The maximum Gasteiger partial charge on any atom is 0.350 e. The Balaban J connectivity index is 2.50. The second-order valence-corrected chi connectivity index (χ2v) is 6.43. The standard InChI is InChI=1S/C15H11F3N4O3S/c1-15(2,12(23)24)10-8(5-3-6(16)9(18)7(17)4-5)11-19-13(26)20-14(25)22(11)21-10/h3-4H,1-2H3,(H,23,24)(H2,19,20,25,26). The molecule has 0 amide bonds. The third-order valence-electron chi connectivity index (χ3n) is 3.88. The Labute approximate surface area is 148 Å². The molecular formula is C15H11F3N4O3S. The number of carboxylic acid groups (broad SMARTS) is 1. The highest BCUT2D eigenvalue weighted by Crippen LogP contribution is 2.36. The number of aromatic nitrogens is 4. The molecule has 0 radical (unpaired) electrons. The first-order valence-corrected chi connectivity index (χ1v) is 7.59. The molecule has 11 heteroatoms. The fourth-order valence-electron chi connectivity index (χ4n) is 2.44. The molecule has 2 heterocycles. The maximum absolute atomic E-state index is 13.7. The van der Waals surface area contributed by atoms with Crippen LogP contribution in [0, 0.1) is 17.5 Å². The van der Waals surface area contributed by atoms with Crippen LogP contribution in [0.15, 0.2) is 22.1 Å². The van der Waals surface area contributed by atoms with Crippen molar-refractivity contribution in [3.8, 4) is 11.1 Å². The largest absolute Gasteiger partial charge is 0.481 e. The quantitative estimate of drug-likeness (QED) is 0.475. The van der Waals surface area contributed by atoms with Crippen LogP contribution in [-0.4, -0.2) is 30.7 Å². The Bertz CT molecular complexity index is 1100. The fourth-order valence-corrected chi connectivity index (χ4v) is 2.63. The lowest BCUT2D eigenvalue weighted by molar-refractivity contribution is -0.142. The van der Waals surface area contributed by atoms with Crippen molar-refractivity contribution in [1.29, 1.82) is 0 Å². The third-order valence-corrected chi connectivity index (χ3v) is 4.09. The predicted octanol–water partition coefficient (Wildman–Crippen LogP) is 2.15. The molecule has 0 saturated heterocycles.